The topological polar surface area (TPSA) is 111 Å². The normalized spacial score (nSPS) is 11.7. The van der Waals surface area contributed by atoms with Crippen molar-refractivity contribution in [3.63, 3.8) is 0 Å². The first-order valence-electron chi connectivity index (χ1n) is 14.6. The Hall–Kier alpha value is -4.85. The summed E-state index contributed by atoms with van der Waals surface area (Å²) >= 11 is 15.3. The number of rotatable bonds is 10. The summed E-state index contributed by atoms with van der Waals surface area (Å²) in [5, 5.41) is 20.7. The second-order valence-corrected chi connectivity index (χ2v) is 13.7. The highest BCUT2D eigenvalue weighted by Gasteiger charge is 2.21. The number of carbonyl (C=O) groups excluding carboxylic acids is 3. The molecule has 1 aromatic heterocycles. The fourth-order valence-electron chi connectivity index (χ4n) is 4.56. The van der Waals surface area contributed by atoms with Crippen molar-refractivity contribution < 1.29 is 14.4 Å². The molecule has 0 saturated heterocycles. The lowest BCUT2D eigenvalue weighted by Crippen LogP contribution is -2.30. The molecule has 1 unspecified atom stereocenters. The van der Waals surface area contributed by atoms with Crippen LogP contribution >= 0.6 is 46.3 Å². The number of halogens is 2. The van der Waals surface area contributed by atoms with E-state index in [1.807, 2.05) is 42.6 Å². The van der Waals surface area contributed by atoms with Crippen molar-refractivity contribution in [3.8, 4) is 17.2 Å². The van der Waals surface area contributed by atoms with Crippen LogP contribution in [0.2, 0.25) is 10.0 Å². The lowest BCUT2D eigenvalue weighted by atomic mass is 10.0. The lowest BCUT2D eigenvalue weighted by Gasteiger charge is -2.14. The first-order valence-corrected chi connectivity index (χ1v) is 17.1. The lowest BCUT2D eigenvalue weighted by molar-refractivity contribution is -0.115. The molecule has 0 aliphatic carbocycles. The maximum atomic E-state index is 13.6. The molecule has 7 nitrogen and oxygen atoms in total. The van der Waals surface area contributed by atoms with Gasteiger partial charge >= 0.3 is 0 Å². The van der Waals surface area contributed by atoms with Gasteiger partial charge in [0, 0.05) is 42.7 Å². The highest BCUT2D eigenvalue weighted by Crippen LogP contribution is 2.36. The van der Waals surface area contributed by atoms with E-state index >= 15 is 0 Å². The van der Waals surface area contributed by atoms with Gasteiger partial charge in [-0.2, -0.15) is 5.26 Å². The van der Waals surface area contributed by atoms with Crippen LogP contribution in [-0.4, -0.2) is 23.0 Å². The van der Waals surface area contributed by atoms with E-state index < -0.39 is 17.1 Å². The van der Waals surface area contributed by atoms with E-state index in [0.29, 0.717) is 37.4 Å². The summed E-state index contributed by atoms with van der Waals surface area (Å²) in [4.78, 5) is 40.5. The third-order valence-corrected chi connectivity index (χ3v) is 9.74. The van der Waals surface area contributed by atoms with Crippen molar-refractivity contribution in [2.75, 3.05) is 10.6 Å². The van der Waals surface area contributed by atoms with Crippen molar-refractivity contribution >= 4 is 80.8 Å². The Labute approximate surface area is 296 Å². The minimum Gasteiger partial charge on any atom is -0.321 e. The zero-order valence-electron chi connectivity index (χ0n) is 25.7. The van der Waals surface area contributed by atoms with Crippen LogP contribution < -0.4 is 16.0 Å². The van der Waals surface area contributed by atoms with Crippen molar-refractivity contribution in [2.45, 2.75) is 24.0 Å². The molecule has 5 rings (SSSR count). The predicted molar refractivity (Wildman–Crippen MR) is 197 cm³/mol. The maximum absolute atomic E-state index is 13.6. The Kier molecular flexibility index (Phi) is 11.4. The number of nitriles is 1. The first kappa shape index (κ1) is 34.5. The SMILES string of the molecule is Cc1ccc(-c2csc(NC(=O)C(C)Sc3cccc(NC(=O)/C(=C\c4c(Cl)cccc4Cl)NC(=O)c4ccccc4)c3)c2C#N)cc1. The number of aryl methyl sites for hydroxylation is 1. The summed E-state index contributed by atoms with van der Waals surface area (Å²) in [6.45, 7) is 3.76. The van der Waals surface area contributed by atoms with Crippen LogP contribution in [-0.2, 0) is 9.59 Å². The van der Waals surface area contributed by atoms with Gasteiger partial charge in [0.25, 0.3) is 11.8 Å². The average Bonchev–Trinajstić information content (AvgIpc) is 3.48. The fourth-order valence-corrected chi connectivity index (χ4v) is 6.91. The van der Waals surface area contributed by atoms with E-state index in [4.69, 9.17) is 23.2 Å². The van der Waals surface area contributed by atoms with Crippen LogP contribution in [0.25, 0.3) is 17.2 Å². The van der Waals surface area contributed by atoms with E-state index in [2.05, 4.69) is 22.0 Å². The number of thiophene rings is 1. The number of carbonyl (C=O) groups is 3. The summed E-state index contributed by atoms with van der Waals surface area (Å²) in [5.74, 6) is -1.36. The molecule has 3 N–H and O–H groups in total. The van der Waals surface area contributed by atoms with E-state index in [-0.39, 0.29) is 11.6 Å². The second kappa shape index (κ2) is 15.8. The number of benzene rings is 4. The fraction of sp³-hybridized carbons (Fsp3) is 0.0811. The summed E-state index contributed by atoms with van der Waals surface area (Å²) in [7, 11) is 0. The maximum Gasteiger partial charge on any atom is 0.272 e. The Balaban J connectivity index is 1.30. The zero-order valence-corrected chi connectivity index (χ0v) is 28.9. The molecule has 240 valence electrons. The standard InChI is InChI=1S/C37H28Cl2N4O3S2/c1-22-14-16-24(17-15-22)30-21-47-37(29(30)20-40)43-34(44)23(2)48-27-11-6-10-26(18-27)41-36(46)33(19-28-31(38)12-7-13-32(28)39)42-35(45)25-8-4-3-5-9-25/h3-19,21,23H,1-2H3,(H,41,46)(H,42,45)(H,43,44)/b33-19+. The van der Waals surface area contributed by atoms with Gasteiger partial charge in [-0.05, 0) is 68.0 Å². The van der Waals surface area contributed by atoms with Crippen molar-refractivity contribution in [3.05, 3.63) is 140 Å². The van der Waals surface area contributed by atoms with Gasteiger partial charge in [0.2, 0.25) is 5.91 Å². The molecule has 11 heteroatoms. The van der Waals surface area contributed by atoms with Crippen LogP contribution in [0.1, 0.15) is 34.0 Å². The van der Waals surface area contributed by atoms with E-state index in [1.54, 1.807) is 73.7 Å². The number of amides is 3. The zero-order chi connectivity index (χ0) is 34.2. The third-order valence-electron chi connectivity index (χ3n) is 7.09. The Morgan fingerprint density at radius 1 is 0.896 bits per heavy atom. The summed E-state index contributed by atoms with van der Waals surface area (Å²) in [5.41, 5.74) is 4.32. The van der Waals surface area contributed by atoms with Gasteiger partial charge in [-0.15, -0.1) is 23.1 Å². The number of anilines is 2. The summed E-state index contributed by atoms with van der Waals surface area (Å²) < 4.78 is 0. The van der Waals surface area contributed by atoms with Crippen LogP contribution in [0, 0.1) is 18.3 Å². The quantitative estimate of drug-likeness (QED) is 0.0988. The molecule has 0 radical (unpaired) electrons. The predicted octanol–water partition coefficient (Wildman–Crippen LogP) is 9.43. The van der Waals surface area contributed by atoms with Gasteiger partial charge in [0.1, 0.15) is 16.8 Å². The smallest absolute Gasteiger partial charge is 0.272 e. The molecule has 0 fully saturated rings. The van der Waals surface area contributed by atoms with Crippen molar-refractivity contribution in [1.29, 1.82) is 5.26 Å². The van der Waals surface area contributed by atoms with E-state index in [9.17, 15) is 19.6 Å². The van der Waals surface area contributed by atoms with Crippen LogP contribution in [0.3, 0.4) is 0 Å². The number of hydrogen-bond donors (Lipinski definition) is 3. The second-order valence-electron chi connectivity index (χ2n) is 10.6. The number of nitrogens with zero attached hydrogens (tertiary/aromatic N) is 1. The van der Waals surface area contributed by atoms with Gasteiger partial charge in [-0.25, -0.2) is 0 Å². The molecule has 1 heterocycles. The van der Waals surface area contributed by atoms with Crippen LogP contribution in [0.5, 0.6) is 0 Å². The molecule has 0 bridgehead atoms. The van der Waals surface area contributed by atoms with Crippen molar-refractivity contribution in [2.24, 2.45) is 0 Å². The molecule has 48 heavy (non-hydrogen) atoms. The molecule has 0 aliphatic heterocycles. The molecule has 0 spiro atoms. The highest BCUT2D eigenvalue weighted by atomic mass is 35.5. The van der Waals surface area contributed by atoms with Crippen LogP contribution in [0.4, 0.5) is 10.7 Å². The summed E-state index contributed by atoms with van der Waals surface area (Å²) in [6, 6.07) is 30.5. The molecule has 0 saturated carbocycles. The molecular weight excluding hydrogens is 683 g/mol. The molecule has 4 aromatic carbocycles. The highest BCUT2D eigenvalue weighted by molar-refractivity contribution is 8.00. The Bertz CT molecular complexity index is 2040. The molecule has 0 aliphatic rings. The average molecular weight is 712 g/mol. The molecule has 1 atom stereocenters. The minimum absolute atomic E-state index is 0.0705. The van der Waals surface area contributed by atoms with Gasteiger partial charge in [-0.1, -0.05) is 83.4 Å². The van der Waals surface area contributed by atoms with E-state index in [1.165, 1.54) is 29.2 Å². The van der Waals surface area contributed by atoms with E-state index in [0.717, 1.165) is 21.6 Å². The summed E-state index contributed by atoms with van der Waals surface area (Å²) in [6.07, 6.45) is 1.43. The number of nitrogens with one attached hydrogen (secondary N) is 3. The van der Waals surface area contributed by atoms with Gasteiger partial charge in [0.05, 0.1) is 10.8 Å². The van der Waals surface area contributed by atoms with Gasteiger partial charge in [0.15, 0.2) is 0 Å². The largest absolute Gasteiger partial charge is 0.321 e. The van der Waals surface area contributed by atoms with Gasteiger partial charge in [-0.3, -0.25) is 14.4 Å². The molecular formula is C37H28Cl2N4O3S2. The molecule has 3 amide bonds. The Morgan fingerprint density at radius 3 is 2.27 bits per heavy atom. The van der Waals surface area contributed by atoms with Crippen LogP contribution in [0.15, 0.2) is 113 Å². The first-order chi connectivity index (χ1) is 23.1. The Morgan fingerprint density at radius 2 is 1.58 bits per heavy atom. The number of thioether (sulfide) groups is 1. The van der Waals surface area contributed by atoms with Gasteiger partial charge < -0.3 is 16.0 Å². The van der Waals surface area contributed by atoms with Crippen molar-refractivity contribution in [1.82, 2.24) is 5.32 Å². The minimum atomic E-state index is -0.602. The molecule has 5 aromatic rings. The monoisotopic (exact) mass is 710 g/mol. The number of hydrogen-bond acceptors (Lipinski definition) is 6. The third kappa shape index (κ3) is 8.54.